The molecule has 16 heteroatoms. The molecule has 0 spiro atoms. The molecule has 0 radical (unpaired) electrons. The van der Waals surface area contributed by atoms with Crippen LogP contribution in [0.2, 0.25) is 0 Å². The van der Waals surface area contributed by atoms with Crippen LogP contribution in [0.4, 0.5) is 0 Å². The Kier molecular flexibility index (Phi) is 10.3. The Morgan fingerprint density at radius 1 is 1.02 bits per heavy atom. The van der Waals surface area contributed by atoms with E-state index in [0.717, 1.165) is 0 Å². The van der Waals surface area contributed by atoms with Crippen LogP contribution in [0.3, 0.4) is 0 Å². The Labute approximate surface area is 239 Å². The van der Waals surface area contributed by atoms with Crippen LogP contribution in [0.25, 0.3) is 0 Å². The fraction of sp³-hybridized carbons (Fsp3) is 0.920. The number of likely N-dealkylation sites (N-methyl/N-ethyl adjacent to an activating group) is 1. The van der Waals surface area contributed by atoms with Gasteiger partial charge in [-0.3, -0.25) is 9.98 Å². The fourth-order valence-electron chi connectivity index (χ4n) is 5.67. The second-order valence-corrected chi connectivity index (χ2v) is 11.9. The summed E-state index contributed by atoms with van der Waals surface area (Å²) in [7, 11) is 1.60. The number of amidine groups is 2. The van der Waals surface area contributed by atoms with Gasteiger partial charge in [0.05, 0.1) is 43.9 Å². The van der Waals surface area contributed by atoms with Gasteiger partial charge in [-0.1, -0.05) is 0 Å². The predicted octanol–water partition coefficient (Wildman–Crippen LogP) is -4.70. The number of nitrogens with one attached hydrogen (secondary N) is 1. The molecule has 12 unspecified atom stereocenters. The Bertz CT molecular complexity index is 953. The Morgan fingerprint density at radius 3 is 2.34 bits per heavy atom. The van der Waals surface area contributed by atoms with E-state index in [9.17, 15) is 20.4 Å². The number of aliphatic imine (C=N–C) groups is 2. The first-order valence-electron chi connectivity index (χ1n) is 14.2. The van der Waals surface area contributed by atoms with Crippen LogP contribution < -0.4 is 34.0 Å². The van der Waals surface area contributed by atoms with Gasteiger partial charge in [-0.05, 0) is 46.1 Å². The highest BCUT2D eigenvalue weighted by atomic mass is 16.7. The van der Waals surface area contributed by atoms with Gasteiger partial charge in [-0.15, -0.1) is 0 Å². The molecule has 2 saturated heterocycles. The van der Waals surface area contributed by atoms with E-state index in [2.05, 4.69) is 15.3 Å². The molecule has 15 N–H and O–H groups in total. The molecule has 4 aliphatic rings. The van der Waals surface area contributed by atoms with Crippen molar-refractivity contribution in [2.24, 2.45) is 38.7 Å². The van der Waals surface area contributed by atoms with Crippen molar-refractivity contribution >= 4 is 11.7 Å². The highest BCUT2D eigenvalue weighted by molar-refractivity contribution is 5.91. The maximum Gasteiger partial charge on any atom is 0.185 e. The minimum Gasteiger partial charge on any atom is -0.388 e. The lowest BCUT2D eigenvalue weighted by Gasteiger charge is -2.48. The van der Waals surface area contributed by atoms with E-state index < -0.39 is 72.4 Å². The summed E-state index contributed by atoms with van der Waals surface area (Å²) < 4.78 is 24.1. The SMILES string of the molecule is CNC1C(O)C(OC2C(N=C(N)C3(O)CC3)CC(N)C(OC3OC(CN=C(N)CN)CCC3N)C2O)OCC1(C)O. The minimum atomic E-state index is -1.37. The summed E-state index contributed by atoms with van der Waals surface area (Å²) in [5.74, 6) is 0.329. The van der Waals surface area contributed by atoms with Crippen LogP contribution in [0.15, 0.2) is 9.98 Å². The summed E-state index contributed by atoms with van der Waals surface area (Å²) in [6.07, 6.45) is -4.86. The number of nitrogens with zero attached hydrogens (tertiary/aromatic N) is 2. The van der Waals surface area contributed by atoms with E-state index in [1.165, 1.54) is 6.92 Å². The van der Waals surface area contributed by atoms with E-state index in [4.69, 9.17) is 47.6 Å². The van der Waals surface area contributed by atoms with Gasteiger partial charge in [0.2, 0.25) is 0 Å². The van der Waals surface area contributed by atoms with Crippen LogP contribution in [0.1, 0.15) is 39.0 Å². The summed E-state index contributed by atoms with van der Waals surface area (Å²) in [6, 6.07) is -2.79. The molecule has 2 aliphatic heterocycles. The first-order valence-corrected chi connectivity index (χ1v) is 14.2. The molecule has 0 bridgehead atoms. The molecule has 41 heavy (non-hydrogen) atoms. The summed E-state index contributed by atoms with van der Waals surface area (Å²) in [5, 5.41) is 46.6. The predicted molar refractivity (Wildman–Crippen MR) is 149 cm³/mol. The zero-order valence-electron chi connectivity index (χ0n) is 23.7. The lowest BCUT2D eigenvalue weighted by atomic mass is 9.83. The molecule has 0 aromatic carbocycles. The van der Waals surface area contributed by atoms with Gasteiger partial charge in [-0.25, -0.2) is 0 Å². The van der Waals surface area contributed by atoms with Gasteiger partial charge >= 0.3 is 0 Å². The maximum absolute atomic E-state index is 11.6. The van der Waals surface area contributed by atoms with Crippen molar-refractivity contribution in [3.8, 4) is 0 Å². The van der Waals surface area contributed by atoms with Gasteiger partial charge in [0, 0.05) is 6.04 Å². The summed E-state index contributed by atoms with van der Waals surface area (Å²) in [5.41, 5.74) is 27.6. The number of nitrogens with two attached hydrogens (primary N) is 5. The normalized spacial score (nSPS) is 45.4. The summed E-state index contributed by atoms with van der Waals surface area (Å²) >= 11 is 0. The zero-order valence-corrected chi connectivity index (χ0v) is 23.7. The standard InChI is InChI=1S/C25H48N8O8/c1-24(36)10-38-22(17(35)20(24)31-2)41-19-14(33-23(30)25(37)5-6-25)7-13(28)18(16(19)34)40-21-12(27)4-3-11(39-21)9-32-15(29)8-26/h11-14,16-22,31,34-37H,3-10,26-28H2,1-2H3,(H2,29,32)(H2,30,33). The molecule has 4 rings (SSSR count). The second-order valence-electron chi connectivity index (χ2n) is 11.9. The molecule has 4 fully saturated rings. The monoisotopic (exact) mass is 588 g/mol. The molecule has 12 atom stereocenters. The quantitative estimate of drug-likeness (QED) is 0.0848. The topological polar surface area (TPSA) is 285 Å². The number of hydrogen-bond acceptors (Lipinski definition) is 14. The van der Waals surface area contributed by atoms with Crippen LogP contribution in [-0.2, 0) is 18.9 Å². The first kappa shape index (κ1) is 32.4. The Hall–Kier alpha value is -1.54. The zero-order chi connectivity index (χ0) is 30.1. The van der Waals surface area contributed by atoms with E-state index in [0.29, 0.717) is 31.5 Å². The third-order valence-corrected chi connectivity index (χ3v) is 8.42. The molecule has 2 heterocycles. The van der Waals surface area contributed by atoms with Crippen LogP contribution in [0.5, 0.6) is 0 Å². The van der Waals surface area contributed by atoms with Crippen molar-refractivity contribution in [1.82, 2.24) is 5.32 Å². The lowest BCUT2D eigenvalue weighted by Crippen LogP contribution is -2.67. The van der Waals surface area contributed by atoms with Crippen molar-refractivity contribution in [2.75, 3.05) is 26.7 Å². The second kappa shape index (κ2) is 13.0. The van der Waals surface area contributed by atoms with Crippen molar-refractivity contribution in [3.05, 3.63) is 0 Å². The van der Waals surface area contributed by atoms with E-state index >= 15 is 0 Å². The smallest absolute Gasteiger partial charge is 0.185 e. The van der Waals surface area contributed by atoms with Gasteiger partial charge in [0.1, 0.15) is 47.3 Å². The van der Waals surface area contributed by atoms with E-state index in [1.54, 1.807) is 7.05 Å². The van der Waals surface area contributed by atoms with Gasteiger partial charge in [0.25, 0.3) is 0 Å². The largest absolute Gasteiger partial charge is 0.388 e. The van der Waals surface area contributed by atoms with Gasteiger partial charge in [0.15, 0.2) is 12.6 Å². The molecular weight excluding hydrogens is 540 g/mol. The summed E-state index contributed by atoms with van der Waals surface area (Å²) in [6.45, 7) is 1.81. The van der Waals surface area contributed by atoms with Crippen molar-refractivity contribution in [1.29, 1.82) is 0 Å². The third kappa shape index (κ3) is 7.34. The average molecular weight is 589 g/mol. The maximum atomic E-state index is 11.6. The molecule has 16 nitrogen and oxygen atoms in total. The summed E-state index contributed by atoms with van der Waals surface area (Å²) in [4.78, 5) is 8.72. The number of hydrogen-bond donors (Lipinski definition) is 10. The number of aliphatic hydroxyl groups excluding tert-OH is 2. The highest BCUT2D eigenvalue weighted by Gasteiger charge is 2.52. The van der Waals surface area contributed by atoms with Crippen LogP contribution >= 0.6 is 0 Å². The molecular formula is C25H48N8O8. The number of rotatable bonds is 10. The molecule has 2 saturated carbocycles. The molecule has 0 aromatic heterocycles. The third-order valence-electron chi connectivity index (χ3n) is 8.42. The minimum absolute atomic E-state index is 0.0220. The Balaban J connectivity index is 1.53. The van der Waals surface area contributed by atoms with Crippen LogP contribution in [0, 0.1) is 0 Å². The number of aliphatic hydroxyl groups is 4. The van der Waals surface area contributed by atoms with Gasteiger partial charge in [-0.2, -0.15) is 0 Å². The van der Waals surface area contributed by atoms with E-state index in [1.807, 2.05) is 0 Å². The van der Waals surface area contributed by atoms with Crippen molar-refractivity contribution < 1.29 is 39.4 Å². The Morgan fingerprint density at radius 2 is 1.71 bits per heavy atom. The molecule has 0 aromatic rings. The van der Waals surface area contributed by atoms with Gasteiger partial charge < -0.3 is 73.4 Å². The fourth-order valence-corrected chi connectivity index (χ4v) is 5.67. The van der Waals surface area contributed by atoms with Crippen molar-refractivity contribution in [2.45, 2.75) is 117 Å². The van der Waals surface area contributed by atoms with E-state index in [-0.39, 0.29) is 38.1 Å². The van der Waals surface area contributed by atoms with Crippen molar-refractivity contribution in [3.63, 3.8) is 0 Å². The average Bonchev–Trinajstić information content (AvgIpc) is 3.68. The molecule has 2 aliphatic carbocycles. The lowest BCUT2D eigenvalue weighted by molar-refractivity contribution is -0.306. The first-order chi connectivity index (χ1) is 19.3. The highest BCUT2D eigenvalue weighted by Crippen LogP contribution is 2.37. The molecule has 0 amide bonds. The molecule has 236 valence electrons. The number of ether oxygens (including phenoxy) is 4. The van der Waals surface area contributed by atoms with Crippen LogP contribution in [-0.4, -0.2) is 137 Å².